The van der Waals surface area contributed by atoms with E-state index in [0.717, 1.165) is 54.9 Å². The van der Waals surface area contributed by atoms with Gasteiger partial charge in [0.05, 0.1) is 18.4 Å². The first-order valence-electron chi connectivity index (χ1n) is 14.1. The summed E-state index contributed by atoms with van der Waals surface area (Å²) in [5.74, 6) is 0.711. The maximum Gasteiger partial charge on any atom is 0.339 e. The van der Waals surface area contributed by atoms with Crippen molar-refractivity contribution in [1.29, 1.82) is 0 Å². The van der Waals surface area contributed by atoms with Crippen molar-refractivity contribution in [2.45, 2.75) is 45.8 Å². The lowest BCUT2D eigenvalue weighted by Crippen LogP contribution is -2.27. The second kappa shape index (κ2) is 15.5. The zero-order valence-electron chi connectivity index (χ0n) is 23.9. The predicted octanol–water partition coefficient (Wildman–Crippen LogP) is 6.92. The average Bonchev–Trinajstić information content (AvgIpc) is 3.01. The van der Waals surface area contributed by atoms with Crippen molar-refractivity contribution in [1.82, 2.24) is 9.88 Å². The molecule has 0 aliphatic carbocycles. The third kappa shape index (κ3) is 9.40. The number of benzene rings is 3. The summed E-state index contributed by atoms with van der Waals surface area (Å²) in [7, 11) is 1.36. The minimum absolute atomic E-state index is 0.220. The minimum Gasteiger partial charge on any atom is -0.489 e. The van der Waals surface area contributed by atoms with Crippen LogP contribution in [0.4, 0.5) is 0 Å². The van der Waals surface area contributed by atoms with E-state index in [-0.39, 0.29) is 5.78 Å². The summed E-state index contributed by atoms with van der Waals surface area (Å²) in [5.41, 5.74) is 5.97. The molecule has 0 bridgehead atoms. The van der Waals surface area contributed by atoms with Gasteiger partial charge in [0.2, 0.25) is 0 Å². The molecule has 0 aliphatic heterocycles. The second-order valence-electron chi connectivity index (χ2n) is 10.2. The zero-order valence-corrected chi connectivity index (χ0v) is 23.9. The Hall–Kier alpha value is -4.29. The molecule has 0 fully saturated rings. The number of methoxy groups -OCH3 is 1. The molecule has 0 atom stereocenters. The Labute approximate surface area is 243 Å². The van der Waals surface area contributed by atoms with Crippen LogP contribution in [0.15, 0.2) is 97.2 Å². The largest absolute Gasteiger partial charge is 0.489 e. The molecule has 6 heteroatoms. The van der Waals surface area contributed by atoms with Crippen LogP contribution in [-0.2, 0) is 29.1 Å². The summed E-state index contributed by atoms with van der Waals surface area (Å²) >= 11 is 0. The average molecular weight is 551 g/mol. The number of Topliss-reactive ketones (excluding diaryl/α,β-unsaturated/α-hetero) is 1. The van der Waals surface area contributed by atoms with Crippen molar-refractivity contribution in [3.05, 3.63) is 120 Å². The van der Waals surface area contributed by atoms with Gasteiger partial charge < -0.3 is 14.3 Å². The predicted molar refractivity (Wildman–Crippen MR) is 162 cm³/mol. The molecule has 6 nitrogen and oxygen atoms in total. The second-order valence-corrected chi connectivity index (χ2v) is 10.2. The van der Waals surface area contributed by atoms with Crippen molar-refractivity contribution in [2.24, 2.45) is 0 Å². The summed E-state index contributed by atoms with van der Waals surface area (Å²) < 4.78 is 11.1. The molecule has 3 aromatic carbocycles. The van der Waals surface area contributed by atoms with Crippen molar-refractivity contribution < 1.29 is 19.1 Å². The van der Waals surface area contributed by atoms with Gasteiger partial charge in [0, 0.05) is 25.7 Å². The Bertz CT molecular complexity index is 1390. The molecule has 0 saturated carbocycles. The summed E-state index contributed by atoms with van der Waals surface area (Å²) in [6, 6.07) is 30.7. The molecule has 0 saturated heterocycles. The summed E-state index contributed by atoms with van der Waals surface area (Å²) in [5, 5.41) is 0. The van der Waals surface area contributed by atoms with Crippen molar-refractivity contribution in [2.75, 3.05) is 20.2 Å². The minimum atomic E-state index is -0.395. The van der Waals surface area contributed by atoms with Crippen LogP contribution in [0, 0.1) is 0 Å². The number of esters is 1. The van der Waals surface area contributed by atoms with Gasteiger partial charge >= 0.3 is 5.97 Å². The lowest BCUT2D eigenvalue weighted by Gasteiger charge is -2.23. The Morgan fingerprint density at radius 1 is 0.805 bits per heavy atom. The summed E-state index contributed by atoms with van der Waals surface area (Å²) in [6.45, 7) is 4.45. The molecule has 0 unspecified atom stereocenters. The number of unbranched alkanes of at least 4 members (excludes halogenated alkanes) is 1. The molecule has 4 aromatic rings. The lowest BCUT2D eigenvalue weighted by molar-refractivity contribution is -0.117. The van der Waals surface area contributed by atoms with E-state index in [9.17, 15) is 9.59 Å². The van der Waals surface area contributed by atoms with Crippen LogP contribution in [-0.4, -0.2) is 41.8 Å². The number of hydrogen-bond donors (Lipinski definition) is 0. The molecule has 41 heavy (non-hydrogen) atoms. The normalized spacial score (nSPS) is 10.9. The molecule has 0 spiro atoms. The van der Waals surface area contributed by atoms with E-state index >= 15 is 0 Å². The Balaban J connectivity index is 1.37. The standard InChI is InChI=1S/C35H38N2O4/c1-27(38)10-8-9-22-37(25-33-20-19-32(24-36-33)35(39)40-2)23-21-31-13-6-7-14-34(31)41-26-28-15-17-30(18-16-28)29-11-4-3-5-12-29/h3-7,11-20,24H,8-10,21-23,25-26H2,1-2H3. The van der Waals surface area contributed by atoms with Gasteiger partial charge in [0.1, 0.15) is 18.1 Å². The first-order valence-corrected chi connectivity index (χ1v) is 14.1. The fourth-order valence-corrected chi connectivity index (χ4v) is 4.68. The highest BCUT2D eigenvalue weighted by Crippen LogP contribution is 2.23. The molecular formula is C35H38N2O4. The number of hydrogen-bond acceptors (Lipinski definition) is 6. The monoisotopic (exact) mass is 550 g/mol. The van der Waals surface area contributed by atoms with Crippen molar-refractivity contribution in [3.63, 3.8) is 0 Å². The number of ketones is 1. The maximum atomic E-state index is 11.8. The number of carbonyl (C=O) groups is 2. The van der Waals surface area contributed by atoms with Crippen molar-refractivity contribution in [3.8, 4) is 16.9 Å². The fraction of sp³-hybridized carbons (Fsp3) is 0.286. The van der Waals surface area contributed by atoms with E-state index in [4.69, 9.17) is 9.47 Å². The zero-order chi connectivity index (χ0) is 28.9. The van der Waals surface area contributed by atoms with Gasteiger partial charge in [-0.25, -0.2) is 4.79 Å². The number of pyridine rings is 1. The Kier molecular flexibility index (Phi) is 11.2. The van der Waals surface area contributed by atoms with E-state index in [1.807, 2.05) is 42.5 Å². The number of ether oxygens (including phenoxy) is 2. The summed E-state index contributed by atoms with van der Waals surface area (Å²) in [4.78, 5) is 30.0. The highest BCUT2D eigenvalue weighted by molar-refractivity contribution is 5.88. The topological polar surface area (TPSA) is 68.7 Å². The van der Waals surface area contributed by atoms with Crippen LogP contribution < -0.4 is 4.74 Å². The number of nitrogens with zero attached hydrogens (tertiary/aromatic N) is 2. The van der Waals surface area contributed by atoms with Crippen LogP contribution in [0.25, 0.3) is 11.1 Å². The van der Waals surface area contributed by atoms with Gasteiger partial charge in [-0.15, -0.1) is 0 Å². The van der Waals surface area contributed by atoms with Gasteiger partial charge in [-0.3, -0.25) is 9.88 Å². The van der Waals surface area contributed by atoms with Crippen molar-refractivity contribution >= 4 is 11.8 Å². The lowest BCUT2D eigenvalue weighted by atomic mass is 10.0. The maximum absolute atomic E-state index is 11.8. The highest BCUT2D eigenvalue weighted by atomic mass is 16.5. The highest BCUT2D eigenvalue weighted by Gasteiger charge is 2.12. The van der Waals surface area contributed by atoms with E-state index in [2.05, 4.69) is 52.3 Å². The van der Waals surface area contributed by atoms with Crippen LogP contribution >= 0.6 is 0 Å². The molecule has 212 valence electrons. The van der Waals surface area contributed by atoms with Crippen LogP contribution in [0.1, 0.15) is 53.4 Å². The van der Waals surface area contributed by atoms with Crippen LogP contribution in [0.2, 0.25) is 0 Å². The Morgan fingerprint density at radius 2 is 1.54 bits per heavy atom. The molecule has 0 radical (unpaired) electrons. The first-order chi connectivity index (χ1) is 20.0. The van der Waals surface area contributed by atoms with Gasteiger partial charge in [-0.1, -0.05) is 72.8 Å². The van der Waals surface area contributed by atoms with Gasteiger partial charge in [0.25, 0.3) is 0 Å². The SMILES string of the molecule is COC(=O)c1ccc(CN(CCCCC(C)=O)CCc2ccccc2OCc2ccc(-c3ccccc3)cc2)nc1. The molecular weight excluding hydrogens is 512 g/mol. The number of aromatic nitrogens is 1. The molecule has 0 amide bonds. The van der Waals surface area contributed by atoms with E-state index < -0.39 is 5.97 Å². The van der Waals surface area contributed by atoms with E-state index in [1.54, 1.807) is 19.2 Å². The van der Waals surface area contributed by atoms with Crippen LogP contribution in [0.3, 0.4) is 0 Å². The first kappa shape index (κ1) is 29.7. The van der Waals surface area contributed by atoms with Crippen LogP contribution in [0.5, 0.6) is 5.75 Å². The van der Waals surface area contributed by atoms with Gasteiger partial charge in [-0.05, 0) is 73.2 Å². The third-order valence-electron chi connectivity index (χ3n) is 7.01. The quantitative estimate of drug-likeness (QED) is 0.118. The number of rotatable bonds is 15. The van der Waals surface area contributed by atoms with Gasteiger partial charge in [-0.2, -0.15) is 0 Å². The molecule has 4 rings (SSSR count). The Morgan fingerprint density at radius 3 is 2.24 bits per heavy atom. The molecule has 0 N–H and O–H groups in total. The third-order valence-corrected chi connectivity index (χ3v) is 7.01. The fourth-order valence-electron chi connectivity index (χ4n) is 4.68. The molecule has 1 aromatic heterocycles. The van der Waals surface area contributed by atoms with E-state index in [0.29, 0.717) is 25.1 Å². The smallest absolute Gasteiger partial charge is 0.339 e. The number of carbonyl (C=O) groups excluding carboxylic acids is 2. The van der Waals surface area contributed by atoms with E-state index in [1.165, 1.54) is 18.2 Å². The summed E-state index contributed by atoms with van der Waals surface area (Å²) in [6.07, 6.45) is 4.77. The molecule has 0 aliphatic rings. The molecule has 1 heterocycles. The number of para-hydroxylation sites is 1. The van der Waals surface area contributed by atoms with Gasteiger partial charge in [0.15, 0.2) is 0 Å².